The molecule has 1 unspecified atom stereocenters. The van der Waals surface area contributed by atoms with E-state index >= 15 is 0 Å². The molecular formula is C19H27N5O2. The van der Waals surface area contributed by atoms with E-state index in [2.05, 4.69) is 15.3 Å². The van der Waals surface area contributed by atoms with Crippen LogP contribution in [0.4, 0.5) is 17.3 Å². The van der Waals surface area contributed by atoms with Gasteiger partial charge in [-0.05, 0) is 45.7 Å². The van der Waals surface area contributed by atoms with Crippen LogP contribution < -0.4 is 16.6 Å². The molecular weight excluding hydrogens is 330 g/mol. The molecule has 0 bridgehead atoms. The molecule has 2 aromatic rings. The molecule has 0 aromatic carbocycles. The van der Waals surface area contributed by atoms with Crippen LogP contribution in [0.5, 0.6) is 0 Å². The van der Waals surface area contributed by atoms with Crippen molar-refractivity contribution in [3.8, 4) is 0 Å². The van der Waals surface area contributed by atoms with E-state index in [0.717, 1.165) is 12.0 Å². The molecule has 3 N–H and O–H groups in total. The third kappa shape index (κ3) is 3.92. The highest BCUT2D eigenvalue weighted by Gasteiger charge is 2.28. The van der Waals surface area contributed by atoms with Crippen molar-refractivity contribution in [3.63, 3.8) is 0 Å². The zero-order chi connectivity index (χ0) is 19.6. The minimum atomic E-state index is -0.553. The van der Waals surface area contributed by atoms with Crippen molar-refractivity contribution in [2.45, 2.75) is 53.5 Å². The van der Waals surface area contributed by atoms with Gasteiger partial charge in [-0.1, -0.05) is 13.8 Å². The van der Waals surface area contributed by atoms with Crippen LogP contribution >= 0.6 is 0 Å². The molecule has 26 heavy (non-hydrogen) atoms. The number of aromatic nitrogens is 3. The van der Waals surface area contributed by atoms with Gasteiger partial charge in [-0.3, -0.25) is 14.2 Å². The molecule has 0 saturated carbocycles. The largest absolute Gasteiger partial charge is 0.384 e. The van der Waals surface area contributed by atoms with Crippen LogP contribution in [0.25, 0.3) is 0 Å². The van der Waals surface area contributed by atoms with Crippen molar-refractivity contribution < 1.29 is 4.79 Å². The number of carbonyl (C=O) groups excluding carboxylic acids is 1. The van der Waals surface area contributed by atoms with Gasteiger partial charge in [0, 0.05) is 17.5 Å². The molecule has 7 nitrogen and oxygen atoms in total. The van der Waals surface area contributed by atoms with Crippen LogP contribution in [0.1, 0.15) is 57.1 Å². The average Bonchev–Trinajstić information content (AvgIpc) is 2.55. The first-order valence-corrected chi connectivity index (χ1v) is 8.72. The fourth-order valence-corrected chi connectivity index (χ4v) is 2.78. The van der Waals surface area contributed by atoms with Crippen molar-refractivity contribution >= 4 is 23.1 Å². The van der Waals surface area contributed by atoms with Crippen molar-refractivity contribution in [2.24, 2.45) is 5.92 Å². The summed E-state index contributed by atoms with van der Waals surface area (Å²) in [4.78, 5) is 34.0. The molecule has 140 valence electrons. The van der Waals surface area contributed by atoms with E-state index in [1.165, 1.54) is 6.33 Å². The maximum Gasteiger partial charge on any atom is 0.275 e. The second kappa shape index (κ2) is 7.27. The number of pyridine rings is 1. The summed E-state index contributed by atoms with van der Waals surface area (Å²) in [6.07, 6.45) is 2.05. The Morgan fingerprint density at radius 2 is 1.96 bits per heavy atom. The number of nitrogen functional groups attached to an aromatic ring is 1. The summed E-state index contributed by atoms with van der Waals surface area (Å²) in [7, 11) is 0. The van der Waals surface area contributed by atoms with Gasteiger partial charge in [0.25, 0.3) is 5.56 Å². The first-order valence-electron chi connectivity index (χ1n) is 8.72. The Bertz CT molecular complexity index is 880. The van der Waals surface area contributed by atoms with Gasteiger partial charge in [-0.2, -0.15) is 0 Å². The Morgan fingerprint density at radius 1 is 1.31 bits per heavy atom. The number of rotatable bonds is 5. The van der Waals surface area contributed by atoms with E-state index in [1.807, 2.05) is 41.5 Å². The number of aryl methyl sites for hydroxylation is 1. The molecule has 0 aliphatic carbocycles. The van der Waals surface area contributed by atoms with E-state index in [1.54, 1.807) is 16.7 Å². The van der Waals surface area contributed by atoms with Crippen LogP contribution in [0.3, 0.4) is 0 Å². The predicted octanol–water partition coefficient (Wildman–Crippen LogP) is 3.26. The average molecular weight is 357 g/mol. The quantitative estimate of drug-likeness (QED) is 0.796. The highest BCUT2D eigenvalue weighted by Crippen LogP contribution is 2.24. The van der Waals surface area contributed by atoms with Crippen LogP contribution in [0.2, 0.25) is 0 Å². The molecule has 2 heterocycles. The standard InChI is InChI=1S/C19H27N5O2/c1-7-11(2)17(25)16-12(3)8-13(18(26)24(16)19(4,5)6)23-15-9-14(20)21-10-22-15/h8-11H,7H2,1-6H3,(H3,20,21,22,23). The third-order valence-electron chi connectivity index (χ3n) is 4.31. The summed E-state index contributed by atoms with van der Waals surface area (Å²) in [5.74, 6) is 0.562. The summed E-state index contributed by atoms with van der Waals surface area (Å²) >= 11 is 0. The van der Waals surface area contributed by atoms with Crippen LogP contribution in [0, 0.1) is 12.8 Å². The Labute approximate surface area is 153 Å². The van der Waals surface area contributed by atoms with Gasteiger partial charge in [0.1, 0.15) is 23.7 Å². The molecule has 0 saturated heterocycles. The highest BCUT2D eigenvalue weighted by atomic mass is 16.1. The van der Waals surface area contributed by atoms with Gasteiger partial charge in [0.15, 0.2) is 5.78 Å². The molecule has 0 fully saturated rings. The van der Waals surface area contributed by atoms with Gasteiger partial charge in [0.2, 0.25) is 0 Å². The van der Waals surface area contributed by atoms with E-state index in [0.29, 0.717) is 23.0 Å². The van der Waals surface area contributed by atoms with E-state index in [-0.39, 0.29) is 17.3 Å². The van der Waals surface area contributed by atoms with Crippen LogP contribution in [0.15, 0.2) is 23.3 Å². The first-order chi connectivity index (χ1) is 12.1. The minimum Gasteiger partial charge on any atom is -0.384 e. The fourth-order valence-electron chi connectivity index (χ4n) is 2.78. The van der Waals surface area contributed by atoms with Crippen molar-refractivity contribution in [3.05, 3.63) is 40.1 Å². The monoisotopic (exact) mass is 357 g/mol. The van der Waals surface area contributed by atoms with Gasteiger partial charge >= 0.3 is 0 Å². The number of ketones is 1. The maximum absolute atomic E-state index is 13.2. The van der Waals surface area contributed by atoms with Gasteiger partial charge in [-0.25, -0.2) is 9.97 Å². The van der Waals surface area contributed by atoms with Gasteiger partial charge in [0.05, 0.1) is 5.69 Å². The van der Waals surface area contributed by atoms with Crippen LogP contribution in [-0.4, -0.2) is 20.3 Å². The Kier molecular flexibility index (Phi) is 5.49. The summed E-state index contributed by atoms with van der Waals surface area (Å²) < 4.78 is 1.57. The molecule has 1 atom stereocenters. The molecule has 2 rings (SSSR count). The number of hydrogen-bond donors (Lipinski definition) is 2. The molecule has 2 aromatic heterocycles. The normalized spacial score (nSPS) is 12.7. The summed E-state index contributed by atoms with van der Waals surface area (Å²) in [5, 5.41) is 3.00. The van der Waals surface area contributed by atoms with Crippen molar-refractivity contribution in [2.75, 3.05) is 11.1 Å². The van der Waals surface area contributed by atoms with Gasteiger partial charge in [-0.15, -0.1) is 0 Å². The number of nitrogens with two attached hydrogens (primary N) is 1. The van der Waals surface area contributed by atoms with Gasteiger partial charge < -0.3 is 11.1 Å². The minimum absolute atomic E-state index is 0.0187. The molecule has 7 heteroatoms. The topological polar surface area (TPSA) is 103 Å². The first kappa shape index (κ1) is 19.6. The zero-order valence-electron chi connectivity index (χ0n) is 16.3. The lowest BCUT2D eigenvalue weighted by Gasteiger charge is -2.28. The van der Waals surface area contributed by atoms with Crippen LogP contribution in [-0.2, 0) is 5.54 Å². The number of Topliss-reactive ketones (excluding diaryl/α,β-unsaturated/α-hetero) is 1. The fraction of sp³-hybridized carbons (Fsp3) is 0.474. The highest BCUT2D eigenvalue weighted by molar-refractivity contribution is 5.97. The lowest BCUT2D eigenvalue weighted by molar-refractivity contribution is 0.0908. The second-order valence-electron chi connectivity index (χ2n) is 7.53. The Hall–Kier alpha value is -2.70. The molecule has 0 radical (unpaired) electrons. The smallest absolute Gasteiger partial charge is 0.275 e. The third-order valence-corrected chi connectivity index (χ3v) is 4.31. The summed E-state index contributed by atoms with van der Waals surface area (Å²) in [6.45, 7) is 11.4. The molecule has 0 aliphatic rings. The molecule has 0 amide bonds. The van der Waals surface area contributed by atoms with E-state index < -0.39 is 5.54 Å². The number of nitrogens with zero attached hydrogens (tertiary/aromatic N) is 3. The van der Waals surface area contributed by atoms with E-state index in [9.17, 15) is 9.59 Å². The van der Waals surface area contributed by atoms with Crippen molar-refractivity contribution in [1.82, 2.24) is 14.5 Å². The molecule has 0 spiro atoms. The number of anilines is 3. The summed E-state index contributed by atoms with van der Waals surface area (Å²) in [5.41, 5.74) is 6.40. The second-order valence-corrected chi connectivity index (χ2v) is 7.53. The SMILES string of the molecule is CCC(C)C(=O)c1c(C)cc(Nc2cc(N)ncn2)c(=O)n1C(C)(C)C. The predicted molar refractivity (Wildman–Crippen MR) is 104 cm³/mol. The Balaban J connectivity index is 2.66. The van der Waals surface area contributed by atoms with Crippen molar-refractivity contribution in [1.29, 1.82) is 0 Å². The number of carbonyl (C=O) groups is 1. The molecule has 0 aliphatic heterocycles. The zero-order valence-corrected chi connectivity index (χ0v) is 16.3. The lowest BCUT2D eigenvalue weighted by Crippen LogP contribution is -2.40. The lowest BCUT2D eigenvalue weighted by atomic mass is 9.95. The Morgan fingerprint density at radius 3 is 2.50 bits per heavy atom. The van der Waals surface area contributed by atoms with E-state index in [4.69, 9.17) is 5.73 Å². The summed E-state index contributed by atoms with van der Waals surface area (Å²) in [6, 6.07) is 3.24. The number of hydrogen-bond acceptors (Lipinski definition) is 6. The number of nitrogens with one attached hydrogen (secondary N) is 1. The maximum atomic E-state index is 13.2.